The van der Waals surface area contributed by atoms with E-state index >= 15 is 0 Å². The van der Waals surface area contributed by atoms with Crippen molar-refractivity contribution in [2.24, 2.45) is 4.99 Å². The first-order chi connectivity index (χ1) is 16.3. The number of anilines is 2. The van der Waals surface area contributed by atoms with Crippen LogP contribution in [0.15, 0.2) is 74.9 Å². The third kappa shape index (κ3) is 4.41. The molecule has 0 aliphatic rings. The van der Waals surface area contributed by atoms with Crippen molar-refractivity contribution in [1.82, 2.24) is 0 Å². The normalized spacial score (nSPS) is 12.2. The highest BCUT2D eigenvalue weighted by Crippen LogP contribution is 2.32. The molecule has 34 heavy (non-hydrogen) atoms. The van der Waals surface area contributed by atoms with Gasteiger partial charge in [0, 0.05) is 47.4 Å². The summed E-state index contributed by atoms with van der Waals surface area (Å²) in [6.45, 7) is 3.81. The number of aliphatic imine (C=N–C) groups is 1. The number of benzene rings is 3. The van der Waals surface area contributed by atoms with Crippen molar-refractivity contribution >= 4 is 34.5 Å². The number of hydrogen-bond donors (Lipinski definition) is 3. The van der Waals surface area contributed by atoms with Gasteiger partial charge in [-0.25, -0.2) is 4.79 Å². The minimum atomic E-state index is -1.02. The average Bonchev–Trinajstić information content (AvgIpc) is 2.80. The van der Waals surface area contributed by atoms with Crippen LogP contribution in [0.4, 0.5) is 11.4 Å². The highest BCUT2D eigenvalue weighted by atomic mass is 16.4. The Morgan fingerprint density at radius 3 is 2.65 bits per heavy atom. The average molecular weight is 456 g/mol. The Morgan fingerprint density at radius 1 is 1.15 bits per heavy atom. The number of fused-ring (bicyclic) bond motifs is 1. The standard InChI is InChI=1S/C27H25N3O4/c1-15-10-20(16(2)30-23-7-5-4-6-19(23)27(32)33)26-21(11-15)24(31)13-25(34-26)17-8-9-22(28)18(12-17)14-29-3/h4-14,16,30H,28H2,1-3H3,(H,32,33). The number of carbonyl (C=O) groups is 1. The Balaban J connectivity index is 1.85. The molecule has 172 valence electrons. The van der Waals surface area contributed by atoms with Crippen LogP contribution >= 0.6 is 0 Å². The number of nitrogens with one attached hydrogen (secondary N) is 1. The van der Waals surface area contributed by atoms with Gasteiger partial charge in [0.25, 0.3) is 0 Å². The number of nitrogens with two attached hydrogens (primary N) is 1. The van der Waals surface area contributed by atoms with E-state index in [1.807, 2.05) is 26.0 Å². The predicted molar refractivity (Wildman–Crippen MR) is 136 cm³/mol. The van der Waals surface area contributed by atoms with Gasteiger partial charge >= 0.3 is 5.97 Å². The number of nitrogen functional groups attached to an aromatic ring is 1. The fourth-order valence-electron chi connectivity index (χ4n) is 3.98. The Bertz CT molecular complexity index is 1490. The summed E-state index contributed by atoms with van der Waals surface area (Å²) in [6, 6.07) is 16.9. The van der Waals surface area contributed by atoms with Crippen molar-refractivity contribution in [1.29, 1.82) is 0 Å². The molecule has 0 fully saturated rings. The molecular formula is C27H25N3O4. The first-order valence-corrected chi connectivity index (χ1v) is 10.8. The molecule has 7 heteroatoms. The molecule has 1 heterocycles. The van der Waals surface area contributed by atoms with Crippen molar-refractivity contribution in [2.45, 2.75) is 19.9 Å². The van der Waals surface area contributed by atoms with Gasteiger partial charge in [0.15, 0.2) is 5.43 Å². The zero-order chi connectivity index (χ0) is 24.4. The zero-order valence-corrected chi connectivity index (χ0v) is 19.1. The maximum atomic E-state index is 13.1. The lowest BCUT2D eigenvalue weighted by Gasteiger charge is -2.19. The lowest BCUT2D eigenvalue weighted by Crippen LogP contribution is -2.12. The largest absolute Gasteiger partial charge is 0.478 e. The number of rotatable bonds is 6. The number of hydrogen-bond acceptors (Lipinski definition) is 6. The van der Waals surface area contributed by atoms with E-state index < -0.39 is 5.97 Å². The van der Waals surface area contributed by atoms with Crippen LogP contribution in [0.25, 0.3) is 22.3 Å². The molecule has 0 bridgehead atoms. The summed E-state index contributed by atoms with van der Waals surface area (Å²) >= 11 is 0. The molecule has 0 amide bonds. The minimum absolute atomic E-state index is 0.165. The van der Waals surface area contributed by atoms with Gasteiger partial charge in [-0.15, -0.1) is 0 Å². The van der Waals surface area contributed by atoms with Gasteiger partial charge in [-0.05, 0) is 55.8 Å². The number of aryl methyl sites for hydroxylation is 1. The van der Waals surface area contributed by atoms with Gasteiger partial charge < -0.3 is 20.6 Å². The van der Waals surface area contributed by atoms with E-state index in [0.717, 1.165) is 16.7 Å². The van der Waals surface area contributed by atoms with Crippen LogP contribution < -0.4 is 16.5 Å². The van der Waals surface area contributed by atoms with Crippen molar-refractivity contribution < 1.29 is 14.3 Å². The van der Waals surface area contributed by atoms with Gasteiger partial charge in [0.2, 0.25) is 0 Å². The Kier molecular flexibility index (Phi) is 6.19. The van der Waals surface area contributed by atoms with Gasteiger partial charge in [-0.2, -0.15) is 0 Å². The molecular weight excluding hydrogens is 430 g/mol. The molecule has 0 radical (unpaired) electrons. The van der Waals surface area contributed by atoms with Gasteiger partial charge in [0.05, 0.1) is 17.0 Å². The van der Waals surface area contributed by atoms with E-state index in [1.165, 1.54) is 6.07 Å². The quantitative estimate of drug-likeness (QED) is 0.269. The number of para-hydroxylation sites is 1. The molecule has 0 saturated heterocycles. The Hall–Kier alpha value is -4.39. The number of aromatic carboxylic acids is 1. The number of nitrogens with zero attached hydrogens (tertiary/aromatic N) is 1. The van der Waals surface area contributed by atoms with Crippen molar-refractivity contribution in [3.8, 4) is 11.3 Å². The molecule has 7 nitrogen and oxygen atoms in total. The monoisotopic (exact) mass is 455 g/mol. The van der Waals surface area contributed by atoms with Crippen LogP contribution in [0.3, 0.4) is 0 Å². The van der Waals surface area contributed by atoms with Crippen LogP contribution in [0.1, 0.15) is 40.0 Å². The molecule has 1 atom stereocenters. The molecule has 0 spiro atoms. The summed E-state index contributed by atoms with van der Waals surface area (Å²) in [5.41, 5.74) is 10.6. The second kappa shape index (κ2) is 9.23. The smallest absolute Gasteiger partial charge is 0.337 e. The molecule has 3 aromatic carbocycles. The highest BCUT2D eigenvalue weighted by Gasteiger charge is 2.18. The summed E-state index contributed by atoms with van der Waals surface area (Å²) in [5, 5.41) is 13.3. The fourth-order valence-corrected chi connectivity index (χ4v) is 3.98. The van der Waals surface area contributed by atoms with Crippen molar-refractivity contribution in [3.05, 3.63) is 93.1 Å². The topological polar surface area (TPSA) is 118 Å². The molecule has 1 aromatic heterocycles. The third-order valence-corrected chi connectivity index (χ3v) is 5.64. The van der Waals surface area contributed by atoms with E-state index in [9.17, 15) is 14.7 Å². The Labute approximate surface area is 196 Å². The first kappa shape index (κ1) is 22.8. The van der Waals surface area contributed by atoms with Crippen molar-refractivity contribution in [2.75, 3.05) is 18.1 Å². The first-order valence-electron chi connectivity index (χ1n) is 10.8. The summed E-state index contributed by atoms with van der Waals surface area (Å²) in [7, 11) is 1.66. The summed E-state index contributed by atoms with van der Waals surface area (Å²) < 4.78 is 6.28. The van der Waals surface area contributed by atoms with Crippen LogP contribution in [-0.4, -0.2) is 24.3 Å². The molecule has 4 rings (SSSR count). The fraction of sp³-hybridized carbons (Fsp3) is 0.148. The third-order valence-electron chi connectivity index (χ3n) is 5.64. The molecule has 0 aliphatic carbocycles. The van der Waals surface area contributed by atoms with E-state index in [4.69, 9.17) is 10.2 Å². The number of carboxylic acid groups (broad SMARTS) is 1. The van der Waals surface area contributed by atoms with E-state index in [2.05, 4.69) is 10.3 Å². The second-order valence-electron chi connectivity index (χ2n) is 8.15. The summed E-state index contributed by atoms with van der Waals surface area (Å²) in [5.74, 6) is -0.612. The zero-order valence-electron chi connectivity index (χ0n) is 19.1. The van der Waals surface area contributed by atoms with E-state index in [0.29, 0.717) is 33.7 Å². The van der Waals surface area contributed by atoms with Crippen LogP contribution in [0.2, 0.25) is 0 Å². The van der Waals surface area contributed by atoms with Gasteiger partial charge in [-0.1, -0.05) is 18.2 Å². The molecule has 0 aliphatic heterocycles. The molecule has 4 N–H and O–H groups in total. The second-order valence-corrected chi connectivity index (χ2v) is 8.15. The Morgan fingerprint density at radius 2 is 1.91 bits per heavy atom. The molecule has 4 aromatic rings. The summed E-state index contributed by atoms with van der Waals surface area (Å²) in [6.07, 6.45) is 1.65. The predicted octanol–water partition coefficient (Wildman–Crippen LogP) is 5.27. The molecule has 1 unspecified atom stereocenters. The lowest BCUT2D eigenvalue weighted by atomic mass is 10.00. The van der Waals surface area contributed by atoms with Crippen molar-refractivity contribution in [3.63, 3.8) is 0 Å². The lowest BCUT2D eigenvalue weighted by molar-refractivity contribution is 0.0698. The summed E-state index contributed by atoms with van der Waals surface area (Å²) in [4.78, 5) is 28.7. The molecule has 0 saturated carbocycles. The SMILES string of the molecule is CN=Cc1cc(-c2cc(=O)c3cc(C)cc(C(C)Nc4ccccc4C(=O)O)c3o2)ccc1N. The minimum Gasteiger partial charge on any atom is -0.478 e. The van der Waals surface area contributed by atoms with E-state index in [-0.39, 0.29) is 17.0 Å². The number of carboxylic acids is 1. The van der Waals surface area contributed by atoms with Gasteiger partial charge in [-0.3, -0.25) is 9.79 Å². The maximum Gasteiger partial charge on any atom is 0.337 e. The van der Waals surface area contributed by atoms with Gasteiger partial charge in [0.1, 0.15) is 11.3 Å². The maximum absolute atomic E-state index is 13.1. The van der Waals surface area contributed by atoms with Crippen LogP contribution in [0, 0.1) is 6.92 Å². The van der Waals surface area contributed by atoms with Crippen LogP contribution in [0.5, 0.6) is 0 Å². The van der Waals surface area contributed by atoms with Crippen LogP contribution in [-0.2, 0) is 0 Å². The highest BCUT2D eigenvalue weighted by molar-refractivity contribution is 5.94. The van der Waals surface area contributed by atoms with E-state index in [1.54, 1.807) is 55.7 Å².